The summed E-state index contributed by atoms with van der Waals surface area (Å²) in [5.74, 6) is 1.01. The van der Waals surface area contributed by atoms with Crippen molar-refractivity contribution in [2.45, 2.75) is 18.1 Å². The molecule has 0 spiro atoms. The van der Waals surface area contributed by atoms with Crippen LogP contribution in [0.1, 0.15) is 18.5 Å². The fourth-order valence-electron chi connectivity index (χ4n) is 3.04. The van der Waals surface area contributed by atoms with Crippen molar-refractivity contribution < 1.29 is 4.79 Å². The fraction of sp³-hybridized carbons (Fsp3) is 0.136. The third-order valence-electron chi connectivity index (χ3n) is 4.50. The van der Waals surface area contributed by atoms with Crippen molar-refractivity contribution in [1.29, 1.82) is 0 Å². The van der Waals surface area contributed by atoms with Crippen molar-refractivity contribution in [2.75, 3.05) is 11.1 Å². The second-order valence-electron chi connectivity index (χ2n) is 6.48. The van der Waals surface area contributed by atoms with Gasteiger partial charge in [-0.3, -0.25) is 9.36 Å². The number of nitrogens with one attached hydrogen (secondary N) is 1. The van der Waals surface area contributed by atoms with Gasteiger partial charge in [0.2, 0.25) is 5.91 Å². The summed E-state index contributed by atoms with van der Waals surface area (Å²) in [6, 6.07) is 21.8. The fourth-order valence-corrected chi connectivity index (χ4v) is 4.49. The van der Waals surface area contributed by atoms with Gasteiger partial charge in [0, 0.05) is 16.6 Å². The number of nitrogens with zero attached hydrogens (tertiary/aromatic N) is 3. The molecule has 4 rings (SSSR count). The average molecular weight is 421 g/mol. The van der Waals surface area contributed by atoms with Crippen LogP contribution in [-0.4, -0.2) is 26.4 Å². The van der Waals surface area contributed by atoms with Gasteiger partial charge in [0.05, 0.1) is 11.8 Å². The van der Waals surface area contributed by atoms with Crippen LogP contribution in [0.2, 0.25) is 0 Å². The van der Waals surface area contributed by atoms with Crippen molar-refractivity contribution in [3.05, 3.63) is 83.1 Å². The molecule has 0 saturated carbocycles. The van der Waals surface area contributed by atoms with E-state index in [1.807, 2.05) is 60.0 Å². The number of amides is 1. The first kappa shape index (κ1) is 19.4. The van der Waals surface area contributed by atoms with E-state index in [0.717, 1.165) is 22.2 Å². The van der Waals surface area contributed by atoms with Crippen LogP contribution in [0.15, 0.2) is 82.6 Å². The summed E-state index contributed by atoms with van der Waals surface area (Å²) in [5.41, 5.74) is 2.99. The van der Waals surface area contributed by atoms with E-state index in [0.29, 0.717) is 0 Å². The molecule has 1 atom stereocenters. The zero-order valence-corrected chi connectivity index (χ0v) is 17.5. The molecule has 2 aromatic carbocycles. The highest BCUT2D eigenvalue weighted by Gasteiger charge is 2.21. The van der Waals surface area contributed by atoms with E-state index < -0.39 is 0 Å². The maximum atomic E-state index is 12.4. The first-order valence-electron chi connectivity index (χ1n) is 9.22. The maximum Gasteiger partial charge on any atom is 0.234 e. The summed E-state index contributed by atoms with van der Waals surface area (Å²) in [5, 5.41) is 16.6. The molecule has 0 radical (unpaired) electrons. The Bertz CT molecular complexity index is 1060. The molecular formula is C22H20N4OS2. The zero-order valence-electron chi connectivity index (χ0n) is 15.9. The van der Waals surface area contributed by atoms with Crippen molar-refractivity contribution >= 4 is 34.7 Å². The van der Waals surface area contributed by atoms with Gasteiger partial charge >= 0.3 is 0 Å². The predicted octanol–water partition coefficient (Wildman–Crippen LogP) is 5.35. The molecule has 0 saturated heterocycles. The van der Waals surface area contributed by atoms with E-state index in [1.165, 1.54) is 17.3 Å². The van der Waals surface area contributed by atoms with Gasteiger partial charge in [0.1, 0.15) is 0 Å². The molecule has 29 heavy (non-hydrogen) atoms. The lowest BCUT2D eigenvalue weighted by Crippen LogP contribution is -2.15. The number of carbonyl (C=O) groups excluding carboxylic acids is 1. The molecule has 0 aliphatic carbocycles. The Morgan fingerprint density at radius 2 is 1.79 bits per heavy atom. The van der Waals surface area contributed by atoms with Crippen LogP contribution in [0.4, 0.5) is 5.69 Å². The molecule has 2 aromatic heterocycles. The Hall–Kier alpha value is -2.90. The predicted molar refractivity (Wildman–Crippen MR) is 119 cm³/mol. The maximum absolute atomic E-state index is 12.4. The van der Waals surface area contributed by atoms with E-state index in [1.54, 1.807) is 11.3 Å². The van der Waals surface area contributed by atoms with Crippen LogP contribution in [-0.2, 0) is 4.79 Å². The van der Waals surface area contributed by atoms with Crippen LogP contribution in [0.5, 0.6) is 0 Å². The number of anilines is 1. The molecule has 1 unspecified atom stereocenters. The minimum atomic E-state index is -0.0693. The lowest BCUT2D eigenvalue weighted by Gasteiger charge is -2.18. The van der Waals surface area contributed by atoms with Crippen LogP contribution in [0, 0.1) is 0 Å². The second kappa shape index (κ2) is 9.07. The van der Waals surface area contributed by atoms with Crippen LogP contribution in [0.25, 0.3) is 11.4 Å². The quantitative estimate of drug-likeness (QED) is 0.410. The number of thiophene rings is 1. The van der Waals surface area contributed by atoms with E-state index in [2.05, 4.69) is 44.5 Å². The monoisotopic (exact) mass is 420 g/mol. The molecule has 1 N–H and O–H groups in total. The highest BCUT2D eigenvalue weighted by molar-refractivity contribution is 7.99. The number of aromatic nitrogens is 3. The second-order valence-corrected chi connectivity index (χ2v) is 8.20. The topological polar surface area (TPSA) is 59.8 Å². The van der Waals surface area contributed by atoms with Gasteiger partial charge in [-0.25, -0.2) is 0 Å². The van der Waals surface area contributed by atoms with Gasteiger partial charge in [-0.1, -0.05) is 60.3 Å². The Labute approximate surface area is 177 Å². The molecule has 1 amide bonds. The lowest BCUT2D eigenvalue weighted by molar-refractivity contribution is -0.113. The van der Waals surface area contributed by atoms with E-state index in [9.17, 15) is 4.79 Å². The van der Waals surface area contributed by atoms with Crippen molar-refractivity contribution in [1.82, 2.24) is 14.8 Å². The number of para-hydroxylation sites is 1. The van der Waals surface area contributed by atoms with Crippen LogP contribution in [0.3, 0.4) is 0 Å². The Morgan fingerprint density at radius 1 is 1.07 bits per heavy atom. The standard InChI is InChI=1S/C22H20N4OS2/c1-16(17-8-4-2-5-9-17)26-21(18-12-13-28-14-18)24-25-22(26)29-15-20(27)23-19-10-6-3-7-11-19/h2-14,16H,15H2,1H3,(H,23,27). The molecule has 0 aliphatic heterocycles. The summed E-state index contributed by atoms with van der Waals surface area (Å²) >= 11 is 3.02. The summed E-state index contributed by atoms with van der Waals surface area (Å²) in [6.45, 7) is 2.13. The summed E-state index contributed by atoms with van der Waals surface area (Å²) in [4.78, 5) is 12.4. The molecule has 5 nitrogen and oxygen atoms in total. The van der Waals surface area contributed by atoms with Gasteiger partial charge in [-0.05, 0) is 36.1 Å². The zero-order chi connectivity index (χ0) is 20.1. The summed E-state index contributed by atoms with van der Waals surface area (Å²) in [6.07, 6.45) is 0. The minimum absolute atomic E-state index is 0.0424. The van der Waals surface area contributed by atoms with Crippen LogP contribution < -0.4 is 5.32 Å². The van der Waals surface area contributed by atoms with E-state index in [-0.39, 0.29) is 17.7 Å². The van der Waals surface area contributed by atoms with Crippen LogP contribution >= 0.6 is 23.1 Å². The van der Waals surface area contributed by atoms with E-state index in [4.69, 9.17) is 0 Å². The summed E-state index contributed by atoms with van der Waals surface area (Å²) in [7, 11) is 0. The number of hydrogen-bond donors (Lipinski definition) is 1. The van der Waals surface area contributed by atoms with Gasteiger partial charge in [-0.15, -0.1) is 10.2 Å². The first-order chi connectivity index (χ1) is 14.2. The van der Waals surface area contributed by atoms with Gasteiger partial charge in [0.15, 0.2) is 11.0 Å². The lowest BCUT2D eigenvalue weighted by atomic mass is 10.1. The SMILES string of the molecule is CC(c1ccccc1)n1c(SCC(=O)Nc2ccccc2)nnc1-c1ccsc1. The van der Waals surface area contributed by atoms with Gasteiger partial charge in [0.25, 0.3) is 0 Å². The third kappa shape index (κ3) is 4.58. The first-order valence-corrected chi connectivity index (χ1v) is 11.2. The van der Waals surface area contributed by atoms with Crippen molar-refractivity contribution in [2.24, 2.45) is 0 Å². The normalized spacial score (nSPS) is 11.9. The number of thioether (sulfide) groups is 1. The minimum Gasteiger partial charge on any atom is -0.325 e. The number of carbonyl (C=O) groups is 1. The molecule has 7 heteroatoms. The van der Waals surface area contributed by atoms with E-state index >= 15 is 0 Å². The molecule has 146 valence electrons. The number of benzene rings is 2. The molecule has 0 aliphatic rings. The Morgan fingerprint density at radius 3 is 2.48 bits per heavy atom. The Kier molecular flexibility index (Phi) is 6.07. The Balaban J connectivity index is 1.57. The molecule has 0 bridgehead atoms. The third-order valence-corrected chi connectivity index (χ3v) is 6.13. The van der Waals surface area contributed by atoms with Gasteiger partial charge in [-0.2, -0.15) is 11.3 Å². The van der Waals surface area contributed by atoms with Crippen molar-refractivity contribution in [3.8, 4) is 11.4 Å². The largest absolute Gasteiger partial charge is 0.325 e. The summed E-state index contributed by atoms with van der Waals surface area (Å²) < 4.78 is 2.11. The highest BCUT2D eigenvalue weighted by atomic mass is 32.2. The molecule has 0 fully saturated rings. The van der Waals surface area contributed by atoms with Crippen molar-refractivity contribution in [3.63, 3.8) is 0 Å². The molecule has 4 aromatic rings. The number of rotatable bonds is 7. The highest BCUT2D eigenvalue weighted by Crippen LogP contribution is 2.31. The molecular weight excluding hydrogens is 400 g/mol. The number of hydrogen-bond acceptors (Lipinski definition) is 5. The van der Waals surface area contributed by atoms with Gasteiger partial charge < -0.3 is 5.32 Å². The average Bonchev–Trinajstić information content (AvgIpc) is 3.43. The smallest absolute Gasteiger partial charge is 0.234 e. The molecule has 2 heterocycles.